The lowest BCUT2D eigenvalue weighted by Crippen LogP contribution is -2.22. The van der Waals surface area contributed by atoms with E-state index >= 15 is 0 Å². The fraction of sp³-hybridized carbons (Fsp3) is 0. The molecule has 0 saturated heterocycles. The monoisotopic (exact) mass is 215 g/mol. The van der Waals surface area contributed by atoms with Crippen LogP contribution >= 0.6 is 0 Å². The number of fused-ring (bicyclic) bond motifs is 1. The Bertz CT molecular complexity index is 537. The van der Waals surface area contributed by atoms with Crippen molar-refractivity contribution < 1.29 is 14.4 Å². The third kappa shape index (κ3) is 2.00. The van der Waals surface area contributed by atoms with Gasteiger partial charge in [0.25, 0.3) is 5.91 Å². The van der Waals surface area contributed by atoms with Gasteiger partial charge in [0.2, 0.25) is 0 Å². The number of nitrogens with one attached hydrogen (secondary N) is 1. The Morgan fingerprint density at radius 1 is 1.12 bits per heavy atom. The molecule has 16 heavy (non-hydrogen) atoms. The molecule has 0 unspecified atom stereocenters. The smallest absolute Gasteiger partial charge is 0.320 e. The molecule has 0 aliphatic rings. The van der Waals surface area contributed by atoms with Gasteiger partial charge in [-0.3, -0.25) is 9.59 Å². The number of rotatable bonds is 3. The van der Waals surface area contributed by atoms with Gasteiger partial charge in [0.05, 0.1) is 0 Å². The Morgan fingerprint density at radius 3 is 2.62 bits per heavy atom. The molecule has 0 atom stereocenters. The number of amides is 1. The normalized spacial score (nSPS) is 9.75. The molecule has 0 radical (unpaired) electrons. The van der Waals surface area contributed by atoms with Crippen LogP contribution in [0.5, 0.6) is 0 Å². The van der Waals surface area contributed by atoms with E-state index in [1.54, 1.807) is 12.1 Å². The molecule has 4 heteroatoms. The number of benzene rings is 2. The molecule has 2 aromatic rings. The first kappa shape index (κ1) is 10.2. The second-order valence-corrected chi connectivity index (χ2v) is 3.21. The van der Waals surface area contributed by atoms with Crippen molar-refractivity contribution in [2.75, 3.05) is 0 Å². The molecule has 0 aliphatic carbocycles. The molecule has 2 rings (SSSR count). The van der Waals surface area contributed by atoms with Crippen LogP contribution in [-0.4, -0.2) is 12.4 Å². The Labute approximate surface area is 91.8 Å². The lowest BCUT2D eigenvalue weighted by Gasteiger charge is -2.03. The molecule has 0 fully saturated rings. The molecule has 2 aromatic carbocycles. The molecular formula is C12H9NO3. The first-order valence-corrected chi connectivity index (χ1v) is 4.70. The molecule has 0 heterocycles. The Hall–Kier alpha value is -2.36. The topological polar surface area (TPSA) is 55.4 Å². The second-order valence-electron chi connectivity index (χ2n) is 3.21. The Balaban J connectivity index is 2.32. The summed E-state index contributed by atoms with van der Waals surface area (Å²) in [7, 11) is 0. The number of hydrogen-bond donors (Lipinski definition) is 1. The van der Waals surface area contributed by atoms with E-state index in [0.717, 1.165) is 10.8 Å². The lowest BCUT2D eigenvalue weighted by molar-refractivity contribution is -0.133. The summed E-state index contributed by atoms with van der Waals surface area (Å²) in [6.07, 6.45) is 0. The van der Waals surface area contributed by atoms with Crippen molar-refractivity contribution in [1.29, 1.82) is 0 Å². The van der Waals surface area contributed by atoms with Crippen molar-refractivity contribution in [2.24, 2.45) is 0 Å². The second kappa shape index (κ2) is 4.44. The Morgan fingerprint density at radius 2 is 1.88 bits per heavy atom. The average Bonchev–Trinajstić information content (AvgIpc) is 2.35. The number of carbonyl (C=O) groups excluding carboxylic acids is 2. The van der Waals surface area contributed by atoms with E-state index in [9.17, 15) is 9.59 Å². The minimum absolute atomic E-state index is 0.166. The molecule has 0 saturated carbocycles. The molecule has 4 nitrogen and oxygen atoms in total. The van der Waals surface area contributed by atoms with Crippen LogP contribution in [0.25, 0.3) is 10.8 Å². The number of hydrogen-bond acceptors (Lipinski definition) is 3. The fourth-order valence-corrected chi connectivity index (χ4v) is 1.47. The average molecular weight is 215 g/mol. The van der Waals surface area contributed by atoms with E-state index in [1.165, 1.54) is 0 Å². The minimum atomic E-state index is -0.446. The van der Waals surface area contributed by atoms with Crippen LogP contribution < -0.4 is 5.48 Å². The van der Waals surface area contributed by atoms with Gasteiger partial charge in [0.1, 0.15) is 0 Å². The third-order valence-corrected chi connectivity index (χ3v) is 2.21. The molecule has 0 aromatic heterocycles. The van der Waals surface area contributed by atoms with Crippen LogP contribution in [0.3, 0.4) is 0 Å². The van der Waals surface area contributed by atoms with Crippen LogP contribution in [0.15, 0.2) is 42.5 Å². The van der Waals surface area contributed by atoms with Crippen molar-refractivity contribution in [2.45, 2.75) is 0 Å². The summed E-state index contributed by atoms with van der Waals surface area (Å²) in [6.45, 7) is 0.166. The van der Waals surface area contributed by atoms with Crippen molar-refractivity contribution in [1.82, 2.24) is 5.48 Å². The van der Waals surface area contributed by atoms with Crippen LogP contribution in [-0.2, 0) is 9.63 Å². The predicted octanol–water partition coefficient (Wildman–Crippen LogP) is 1.66. The highest BCUT2D eigenvalue weighted by molar-refractivity contribution is 5.98. The van der Waals surface area contributed by atoms with Gasteiger partial charge in [-0.25, -0.2) is 0 Å². The van der Waals surface area contributed by atoms with Crippen molar-refractivity contribution >= 4 is 23.2 Å². The lowest BCUT2D eigenvalue weighted by atomic mass is 10.1. The van der Waals surface area contributed by atoms with Crippen LogP contribution in [0, 0.1) is 0 Å². The summed E-state index contributed by atoms with van der Waals surface area (Å²) in [4.78, 5) is 25.5. The highest BCUT2D eigenvalue weighted by atomic mass is 16.7. The molecule has 1 N–H and O–H groups in total. The summed E-state index contributed by atoms with van der Waals surface area (Å²) in [5.41, 5.74) is 2.45. The van der Waals surface area contributed by atoms with E-state index in [2.05, 4.69) is 4.84 Å². The first-order chi connectivity index (χ1) is 7.81. The highest BCUT2D eigenvalue weighted by Crippen LogP contribution is 2.15. The zero-order chi connectivity index (χ0) is 11.4. The molecule has 0 spiro atoms. The fourth-order valence-electron chi connectivity index (χ4n) is 1.47. The van der Waals surface area contributed by atoms with Crippen LogP contribution in [0.1, 0.15) is 10.4 Å². The van der Waals surface area contributed by atoms with Gasteiger partial charge in [-0.15, -0.1) is 0 Å². The minimum Gasteiger partial charge on any atom is -0.344 e. The summed E-state index contributed by atoms with van der Waals surface area (Å²) in [5, 5.41) is 2.01. The summed E-state index contributed by atoms with van der Waals surface area (Å²) >= 11 is 0. The maximum atomic E-state index is 11.5. The van der Waals surface area contributed by atoms with Gasteiger partial charge >= 0.3 is 6.47 Å². The van der Waals surface area contributed by atoms with Gasteiger partial charge in [0.15, 0.2) is 0 Å². The van der Waals surface area contributed by atoms with Crippen molar-refractivity contribution in [3.63, 3.8) is 0 Å². The SMILES string of the molecule is O=CONC(=O)c1ccc2ccccc2c1. The molecule has 80 valence electrons. The van der Waals surface area contributed by atoms with Crippen molar-refractivity contribution in [3.05, 3.63) is 48.0 Å². The van der Waals surface area contributed by atoms with Crippen molar-refractivity contribution in [3.8, 4) is 0 Å². The maximum Gasteiger partial charge on any atom is 0.320 e. The molecule has 0 bridgehead atoms. The largest absolute Gasteiger partial charge is 0.344 e. The molecule has 1 amide bonds. The van der Waals surface area contributed by atoms with Gasteiger partial charge in [-0.2, -0.15) is 5.48 Å². The zero-order valence-electron chi connectivity index (χ0n) is 8.34. The standard InChI is InChI=1S/C12H9NO3/c14-8-16-13-12(15)11-6-5-9-3-1-2-4-10(9)7-11/h1-8H,(H,13,15). The van der Waals surface area contributed by atoms with E-state index in [1.807, 2.05) is 35.8 Å². The summed E-state index contributed by atoms with van der Waals surface area (Å²) < 4.78 is 0. The van der Waals surface area contributed by atoms with Gasteiger partial charge in [-0.1, -0.05) is 30.3 Å². The summed E-state index contributed by atoms with van der Waals surface area (Å²) in [5.74, 6) is -0.446. The van der Waals surface area contributed by atoms with Gasteiger partial charge < -0.3 is 4.84 Å². The van der Waals surface area contributed by atoms with Gasteiger partial charge in [-0.05, 0) is 22.9 Å². The van der Waals surface area contributed by atoms with Gasteiger partial charge in [0, 0.05) is 5.56 Å². The highest BCUT2D eigenvalue weighted by Gasteiger charge is 2.05. The number of hydroxylamine groups is 1. The van der Waals surface area contributed by atoms with E-state index < -0.39 is 5.91 Å². The summed E-state index contributed by atoms with van der Waals surface area (Å²) in [6, 6.07) is 12.9. The number of carbonyl (C=O) groups is 2. The van der Waals surface area contributed by atoms with E-state index in [-0.39, 0.29) is 6.47 Å². The maximum absolute atomic E-state index is 11.5. The van der Waals surface area contributed by atoms with Crippen LogP contribution in [0.4, 0.5) is 0 Å². The molecule has 0 aliphatic heterocycles. The quantitative estimate of drug-likeness (QED) is 0.625. The van der Waals surface area contributed by atoms with E-state index in [0.29, 0.717) is 5.56 Å². The third-order valence-electron chi connectivity index (χ3n) is 2.21. The molecular weight excluding hydrogens is 206 g/mol. The van der Waals surface area contributed by atoms with E-state index in [4.69, 9.17) is 0 Å². The van der Waals surface area contributed by atoms with Crippen LogP contribution in [0.2, 0.25) is 0 Å². The Kier molecular flexibility index (Phi) is 2.82. The predicted molar refractivity (Wildman–Crippen MR) is 58.6 cm³/mol. The zero-order valence-corrected chi connectivity index (χ0v) is 8.34. The first-order valence-electron chi connectivity index (χ1n) is 4.70.